The van der Waals surface area contributed by atoms with E-state index in [9.17, 15) is 14.4 Å². The number of likely N-dealkylation sites (tertiary alicyclic amines) is 1. The first-order chi connectivity index (χ1) is 9.93. The third kappa shape index (κ3) is 2.96. The third-order valence-corrected chi connectivity index (χ3v) is 3.25. The highest BCUT2D eigenvalue weighted by atomic mass is 16.5. The molecule has 0 aromatic heterocycles. The number of amides is 2. The lowest BCUT2D eigenvalue weighted by Gasteiger charge is -2.15. The number of rotatable bonds is 4. The number of hydrogen-bond acceptors (Lipinski definition) is 6. The van der Waals surface area contributed by atoms with E-state index in [4.69, 9.17) is 10.5 Å². The van der Waals surface area contributed by atoms with E-state index in [1.165, 1.54) is 13.1 Å². The van der Waals surface area contributed by atoms with Crippen molar-refractivity contribution in [2.75, 3.05) is 24.7 Å². The van der Waals surface area contributed by atoms with Gasteiger partial charge < -0.3 is 15.8 Å². The number of ether oxygens (including phenoxy) is 1. The Hall–Kier alpha value is -2.57. The quantitative estimate of drug-likeness (QED) is 0.479. The molecule has 1 aliphatic rings. The van der Waals surface area contributed by atoms with Crippen LogP contribution in [0.25, 0.3) is 0 Å². The van der Waals surface area contributed by atoms with Gasteiger partial charge in [-0.25, -0.2) is 4.79 Å². The number of nitrogens with zero attached hydrogens (tertiary/aromatic N) is 1. The average molecular weight is 291 g/mol. The molecule has 3 N–H and O–H groups in total. The van der Waals surface area contributed by atoms with E-state index < -0.39 is 12.0 Å². The van der Waals surface area contributed by atoms with Gasteiger partial charge in [0.25, 0.3) is 5.91 Å². The molecule has 2 amide bonds. The first kappa shape index (κ1) is 14.8. The van der Waals surface area contributed by atoms with E-state index in [-0.39, 0.29) is 30.4 Å². The summed E-state index contributed by atoms with van der Waals surface area (Å²) < 4.78 is 4.96. The zero-order valence-electron chi connectivity index (χ0n) is 11.9. The van der Waals surface area contributed by atoms with Crippen molar-refractivity contribution in [2.45, 2.75) is 19.4 Å². The van der Waals surface area contributed by atoms with E-state index in [0.29, 0.717) is 11.4 Å². The highest BCUT2D eigenvalue weighted by Gasteiger charge is 2.36. The molecule has 0 spiro atoms. The summed E-state index contributed by atoms with van der Waals surface area (Å²) in [5.74, 6) is -1.12. The normalized spacial score (nSPS) is 18.0. The Labute approximate surface area is 122 Å². The van der Waals surface area contributed by atoms with Crippen LogP contribution < -0.4 is 11.1 Å². The van der Waals surface area contributed by atoms with Crippen LogP contribution in [0.5, 0.6) is 0 Å². The van der Waals surface area contributed by atoms with E-state index in [1.54, 1.807) is 19.1 Å². The zero-order valence-corrected chi connectivity index (χ0v) is 11.9. The lowest BCUT2D eigenvalue weighted by molar-refractivity contribution is -0.136. The summed E-state index contributed by atoms with van der Waals surface area (Å²) in [5, 5.41) is 2.92. The summed E-state index contributed by atoms with van der Waals surface area (Å²) in [6.45, 7) is 1.93. The van der Waals surface area contributed by atoms with E-state index >= 15 is 0 Å². The number of likely N-dealkylation sites (N-methyl/N-ethyl adjacent to an activating group) is 1. The van der Waals surface area contributed by atoms with E-state index in [2.05, 4.69) is 5.32 Å². The molecule has 1 aromatic carbocycles. The minimum absolute atomic E-state index is 0.0575. The van der Waals surface area contributed by atoms with Gasteiger partial charge in [0, 0.05) is 18.4 Å². The van der Waals surface area contributed by atoms with Gasteiger partial charge in [0.2, 0.25) is 5.91 Å². The first-order valence-corrected chi connectivity index (χ1v) is 6.57. The molecule has 1 atom stereocenters. The summed E-state index contributed by atoms with van der Waals surface area (Å²) in [6.07, 6.45) is 0.0575. The van der Waals surface area contributed by atoms with Crippen molar-refractivity contribution in [3.63, 3.8) is 0 Å². The number of nitrogen functional groups attached to an aromatic ring is 1. The number of carbonyl (C=O) groups excluding carboxylic acids is 3. The maximum absolute atomic E-state index is 11.9. The summed E-state index contributed by atoms with van der Waals surface area (Å²) in [6, 6.07) is 4.00. The van der Waals surface area contributed by atoms with Gasteiger partial charge in [0.1, 0.15) is 6.04 Å². The van der Waals surface area contributed by atoms with Gasteiger partial charge in [-0.3, -0.25) is 14.5 Å². The van der Waals surface area contributed by atoms with Crippen LogP contribution >= 0.6 is 0 Å². The average Bonchev–Trinajstić information content (AvgIpc) is 2.68. The Kier molecular flexibility index (Phi) is 4.11. The number of benzene rings is 1. The summed E-state index contributed by atoms with van der Waals surface area (Å²) >= 11 is 0. The molecule has 2 rings (SSSR count). The second-order valence-corrected chi connectivity index (χ2v) is 4.72. The molecule has 0 bridgehead atoms. The molecule has 0 saturated carbocycles. The topological polar surface area (TPSA) is 102 Å². The second kappa shape index (κ2) is 5.82. The number of nitrogens with one attached hydrogen (secondary N) is 1. The van der Waals surface area contributed by atoms with Gasteiger partial charge in [-0.15, -0.1) is 0 Å². The molecule has 1 aromatic rings. The predicted octanol–water partition coefficient (Wildman–Crippen LogP) is 0.615. The highest BCUT2D eigenvalue weighted by Crippen LogP contribution is 2.23. The van der Waals surface area contributed by atoms with Crippen LogP contribution in [0.2, 0.25) is 0 Å². The minimum atomic E-state index is -0.681. The van der Waals surface area contributed by atoms with Crippen LogP contribution in [-0.2, 0) is 14.3 Å². The molecule has 0 radical (unpaired) electrons. The van der Waals surface area contributed by atoms with Gasteiger partial charge in [0.15, 0.2) is 0 Å². The van der Waals surface area contributed by atoms with Gasteiger partial charge in [0.05, 0.1) is 18.6 Å². The molecule has 7 heteroatoms. The fourth-order valence-corrected chi connectivity index (χ4v) is 2.12. The van der Waals surface area contributed by atoms with Crippen LogP contribution in [0.1, 0.15) is 23.7 Å². The smallest absolute Gasteiger partial charge is 0.340 e. The SMILES string of the molecule is CCOC(=O)c1cc(N)ccc1NC1CC(=O)N(C)C1=O. The lowest BCUT2D eigenvalue weighted by Crippen LogP contribution is -2.32. The summed E-state index contributed by atoms with van der Waals surface area (Å²) in [7, 11) is 1.43. The van der Waals surface area contributed by atoms with Crippen molar-refractivity contribution in [2.24, 2.45) is 0 Å². The zero-order chi connectivity index (χ0) is 15.6. The molecule has 0 aliphatic carbocycles. The summed E-state index contributed by atoms with van der Waals surface area (Å²) in [5.41, 5.74) is 6.75. The summed E-state index contributed by atoms with van der Waals surface area (Å²) in [4.78, 5) is 36.4. The van der Waals surface area contributed by atoms with E-state index in [1.807, 2.05) is 0 Å². The van der Waals surface area contributed by atoms with Gasteiger partial charge in [-0.2, -0.15) is 0 Å². The van der Waals surface area contributed by atoms with Gasteiger partial charge in [-0.1, -0.05) is 0 Å². The Balaban J connectivity index is 2.26. The standard InChI is InChI=1S/C14H17N3O4/c1-3-21-14(20)9-6-8(15)4-5-10(9)16-11-7-12(18)17(2)13(11)19/h4-6,11,16H,3,7,15H2,1-2H3. The van der Waals surface area contributed by atoms with Crippen LogP contribution in [-0.4, -0.2) is 42.4 Å². The van der Waals surface area contributed by atoms with Crippen molar-refractivity contribution in [3.05, 3.63) is 23.8 Å². The van der Waals surface area contributed by atoms with Crippen molar-refractivity contribution < 1.29 is 19.1 Å². The molecule has 1 heterocycles. The molecule has 1 aliphatic heterocycles. The van der Waals surface area contributed by atoms with Crippen LogP contribution in [0.4, 0.5) is 11.4 Å². The number of carbonyl (C=O) groups is 3. The first-order valence-electron chi connectivity index (χ1n) is 6.57. The molecule has 1 fully saturated rings. The number of nitrogens with two attached hydrogens (primary N) is 1. The molecule has 1 unspecified atom stereocenters. The largest absolute Gasteiger partial charge is 0.462 e. The lowest BCUT2D eigenvalue weighted by atomic mass is 10.1. The van der Waals surface area contributed by atoms with Gasteiger partial charge >= 0.3 is 5.97 Å². The van der Waals surface area contributed by atoms with Crippen molar-refractivity contribution >= 4 is 29.2 Å². The van der Waals surface area contributed by atoms with Crippen molar-refractivity contribution in [1.82, 2.24) is 4.90 Å². The number of hydrogen-bond donors (Lipinski definition) is 2. The fraction of sp³-hybridized carbons (Fsp3) is 0.357. The second-order valence-electron chi connectivity index (χ2n) is 4.72. The van der Waals surface area contributed by atoms with Crippen molar-refractivity contribution in [3.8, 4) is 0 Å². The minimum Gasteiger partial charge on any atom is -0.462 e. The van der Waals surface area contributed by atoms with Crippen LogP contribution in [0.3, 0.4) is 0 Å². The molecular weight excluding hydrogens is 274 g/mol. The fourth-order valence-electron chi connectivity index (χ4n) is 2.12. The Morgan fingerprint density at radius 3 is 2.76 bits per heavy atom. The maximum Gasteiger partial charge on any atom is 0.340 e. The number of anilines is 2. The van der Waals surface area contributed by atoms with Crippen molar-refractivity contribution in [1.29, 1.82) is 0 Å². The Bertz CT molecular complexity index is 600. The van der Waals surface area contributed by atoms with Crippen LogP contribution in [0.15, 0.2) is 18.2 Å². The maximum atomic E-state index is 11.9. The monoisotopic (exact) mass is 291 g/mol. The molecule has 112 valence electrons. The highest BCUT2D eigenvalue weighted by molar-refractivity contribution is 6.07. The Morgan fingerprint density at radius 1 is 1.48 bits per heavy atom. The van der Waals surface area contributed by atoms with Crippen LogP contribution in [0, 0.1) is 0 Å². The molecular formula is C14H17N3O4. The molecule has 1 saturated heterocycles. The predicted molar refractivity (Wildman–Crippen MR) is 76.6 cm³/mol. The molecule has 7 nitrogen and oxygen atoms in total. The number of esters is 1. The third-order valence-electron chi connectivity index (χ3n) is 3.25. The molecule has 21 heavy (non-hydrogen) atoms. The van der Waals surface area contributed by atoms with E-state index in [0.717, 1.165) is 4.90 Å². The van der Waals surface area contributed by atoms with Gasteiger partial charge in [-0.05, 0) is 25.1 Å². The Morgan fingerprint density at radius 2 is 2.19 bits per heavy atom. The number of imide groups is 1.